The van der Waals surface area contributed by atoms with E-state index < -0.39 is 0 Å². The zero-order valence-corrected chi connectivity index (χ0v) is 9.70. The third kappa shape index (κ3) is 2.23. The summed E-state index contributed by atoms with van der Waals surface area (Å²) in [5, 5.41) is 9.54. The maximum atomic E-state index is 13.9. The highest BCUT2D eigenvalue weighted by Crippen LogP contribution is 2.31. The molecule has 0 aliphatic carbocycles. The first-order valence-corrected chi connectivity index (χ1v) is 5.25. The molecule has 2 rings (SSSR count). The van der Waals surface area contributed by atoms with Gasteiger partial charge in [0.25, 0.3) is 0 Å². The SMILES string of the molecule is COc1cc(O)cc(-c2cccc(C)c2F)c1. The Labute approximate surface area is 99.3 Å². The fraction of sp³-hybridized carbons (Fsp3) is 0.143. The second-order valence-corrected chi connectivity index (χ2v) is 3.86. The summed E-state index contributed by atoms with van der Waals surface area (Å²) >= 11 is 0. The van der Waals surface area contributed by atoms with Gasteiger partial charge in [0, 0.05) is 11.6 Å². The van der Waals surface area contributed by atoms with Gasteiger partial charge in [0.2, 0.25) is 0 Å². The van der Waals surface area contributed by atoms with Crippen molar-refractivity contribution in [2.24, 2.45) is 0 Å². The Kier molecular flexibility index (Phi) is 3.00. The van der Waals surface area contributed by atoms with Crippen LogP contribution in [0.15, 0.2) is 36.4 Å². The van der Waals surface area contributed by atoms with Crippen LogP contribution in [0, 0.1) is 12.7 Å². The van der Waals surface area contributed by atoms with Crippen molar-refractivity contribution in [1.82, 2.24) is 0 Å². The number of benzene rings is 2. The lowest BCUT2D eigenvalue weighted by molar-refractivity contribution is 0.408. The van der Waals surface area contributed by atoms with Gasteiger partial charge in [0.1, 0.15) is 17.3 Å². The molecule has 0 heterocycles. The second kappa shape index (κ2) is 4.45. The maximum absolute atomic E-state index is 13.9. The number of ether oxygens (including phenoxy) is 1. The number of halogens is 1. The third-order valence-corrected chi connectivity index (χ3v) is 2.63. The molecule has 88 valence electrons. The molecule has 2 aromatic carbocycles. The summed E-state index contributed by atoms with van der Waals surface area (Å²) < 4.78 is 19.0. The number of rotatable bonds is 2. The van der Waals surface area contributed by atoms with Crippen LogP contribution in [0.25, 0.3) is 11.1 Å². The zero-order valence-electron chi connectivity index (χ0n) is 9.70. The molecule has 2 aromatic rings. The van der Waals surface area contributed by atoms with E-state index in [1.807, 2.05) is 0 Å². The van der Waals surface area contributed by atoms with Crippen molar-refractivity contribution in [3.05, 3.63) is 47.8 Å². The van der Waals surface area contributed by atoms with Gasteiger partial charge in [-0.2, -0.15) is 0 Å². The lowest BCUT2D eigenvalue weighted by atomic mass is 10.0. The average Bonchev–Trinajstić information content (AvgIpc) is 2.31. The Hall–Kier alpha value is -2.03. The van der Waals surface area contributed by atoms with E-state index in [1.54, 1.807) is 31.2 Å². The molecular formula is C14H13FO2. The molecule has 0 saturated heterocycles. The molecule has 17 heavy (non-hydrogen) atoms. The minimum absolute atomic E-state index is 0.0558. The lowest BCUT2D eigenvalue weighted by Gasteiger charge is -2.08. The molecule has 0 unspecified atom stereocenters. The highest BCUT2D eigenvalue weighted by atomic mass is 19.1. The van der Waals surface area contributed by atoms with Crippen molar-refractivity contribution in [3.63, 3.8) is 0 Å². The van der Waals surface area contributed by atoms with Gasteiger partial charge >= 0.3 is 0 Å². The standard InChI is InChI=1S/C14H13FO2/c1-9-4-3-5-13(14(9)15)10-6-11(16)8-12(7-10)17-2/h3-8,16H,1-2H3. The van der Waals surface area contributed by atoms with Crippen molar-refractivity contribution in [1.29, 1.82) is 0 Å². The molecule has 0 saturated carbocycles. The van der Waals surface area contributed by atoms with Crippen LogP contribution < -0.4 is 4.74 Å². The van der Waals surface area contributed by atoms with Crippen molar-refractivity contribution < 1.29 is 14.2 Å². The number of hydrogen-bond donors (Lipinski definition) is 1. The van der Waals surface area contributed by atoms with E-state index in [2.05, 4.69) is 0 Å². The van der Waals surface area contributed by atoms with Gasteiger partial charge in [-0.1, -0.05) is 18.2 Å². The molecule has 0 radical (unpaired) electrons. The quantitative estimate of drug-likeness (QED) is 0.858. The summed E-state index contributed by atoms with van der Waals surface area (Å²) in [6, 6.07) is 9.86. The van der Waals surface area contributed by atoms with Crippen LogP contribution in [-0.2, 0) is 0 Å². The van der Waals surface area contributed by atoms with Crippen LogP contribution in [0.3, 0.4) is 0 Å². The van der Waals surface area contributed by atoms with Crippen molar-refractivity contribution in [2.45, 2.75) is 6.92 Å². The van der Waals surface area contributed by atoms with Gasteiger partial charge in [-0.3, -0.25) is 0 Å². The van der Waals surface area contributed by atoms with E-state index in [0.29, 0.717) is 22.4 Å². The molecule has 0 spiro atoms. The van der Waals surface area contributed by atoms with Crippen LogP contribution in [0.1, 0.15) is 5.56 Å². The fourth-order valence-electron chi connectivity index (χ4n) is 1.73. The Morgan fingerprint density at radius 2 is 1.94 bits per heavy atom. The predicted molar refractivity (Wildman–Crippen MR) is 64.8 cm³/mol. The normalized spacial score (nSPS) is 10.3. The molecule has 0 aromatic heterocycles. The van der Waals surface area contributed by atoms with Crippen molar-refractivity contribution in [3.8, 4) is 22.6 Å². The number of phenolic OH excluding ortho intramolecular Hbond substituents is 1. The van der Waals surface area contributed by atoms with Crippen LogP contribution >= 0.6 is 0 Å². The summed E-state index contributed by atoms with van der Waals surface area (Å²) in [6.45, 7) is 1.71. The molecule has 3 heteroatoms. The van der Waals surface area contributed by atoms with E-state index >= 15 is 0 Å². The predicted octanol–water partition coefficient (Wildman–Crippen LogP) is 3.52. The second-order valence-electron chi connectivity index (χ2n) is 3.86. The van der Waals surface area contributed by atoms with Crippen molar-refractivity contribution >= 4 is 0 Å². The lowest BCUT2D eigenvalue weighted by Crippen LogP contribution is -1.89. The average molecular weight is 232 g/mol. The van der Waals surface area contributed by atoms with E-state index in [-0.39, 0.29) is 11.6 Å². The first kappa shape index (κ1) is 11.5. The zero-order chi connectivity index (χ0) is 12.4. The smallest absolute Gasteiger partial charge is 0.133 e. The summed E-state index contributed by atoms with van der Waals surface area (Å²) in [6.07, 6.45) is 0. The van der Waals surface area contributed by atoms with Gasteiger partial charge in [0.15, 0.2) is 0 Å². The first-order valence-electron chi connectivity index (χ1n) is 5.25. The Morgan fingerprint density at radius 3 is 2.65 bits per heavy atom. The molecule has 0 amide bonds. The summed E-state index contributed by atoms with van der Waals surface area (Å²) in [5.41, 5.74) is 1.63. The highest BCUT2D eigenvalue weighted by Gasteiger charge is 2.09. The topological polar surface area (TPSA) is 29.5 Å². The molecule has 0 atom stereocenters. The molecule has 0 bridgehead atoms. The van der Waals surface area contributed by atoms with Crippen LogP contribution in [-0.4, -0.2) is 12.2 Å². The minimum atomic E-state index is -0.278. The van der Waals surface area contributed by atoms with E-state index in [1.165, 1.54) is 19.2 Å². The minimum Gasteiger partial charge on any atom is -0.508 e. The summed E-state index contributed by atoms with van der Waals surface area (Å²) in [7, 11) is 1.51. The molecule has 0 aliphatic heterocycles. The number of aromatic hydroxyl groups is 1. The van der Waals surface area contributed by atoms with Gasteiger partial charge in [-0.05, 0) is 30.2 Å². The third-order valence-electron chi connectivity index (χ3n) is 2.63. The molecule has 1 N–H and O–H groups in total. The summed E-state index contributed by atoms with van der Waals surface area (Å²) in [5.74, 6) is 0.279. The van der Waals surface area contributed by atoms with E-state index in [0.717, 1.165) is 0 Å². The molecule has 0 fully saturated rings. The van der Waals surface area contributed by atoms with Crippen LogP contribution in [0.5, 0.6) is 11.5 Å². The largest absolute Gasteiger partial charge is 0.508 e. The van der Waals surface area contributed by atoms with Crippen LogP contribution in [0.2, 0.25) is 0 Å². The molecular weight excluding hydrogens is 219 g/mol. The number of hydrogen-bond acceptors (Lipinski definition) is 2. The van der Waals surface area contributed by atoms with Crippen molar-refractivity contribution in [2.75, 3.05) is 7.11 Å². The van der Waals surface area contributed by atoms with E-state index in [4.69, 9.17) is 4.74 Å². The monoisotopic (exact) mass is 232 g/mol. The number of methoxy groups -OCH3 is 1. The Bertz CT molecular complexity index is 550. The van der Waals surface area contributed by atoms with Gasteiger partial charge in [-0.25, -0.2) is 4.39 Å². The number of aryl methyl sites for hydroxylation is 1. The molecule has 0 aliphatic rings. The summed E-state index contributed by atoms with van der Waals surface area (Å²) in [4.78, 5) is 0. The molecule has 2 nitrogen and oxygen atoms in total. The highest BCUT2D eigenvalue weighted by molar-refractivity contribution is 5.68. The maximum Gasteiger partial charge on any atom is 0.133 e. The van der Waals surface area contributed by atoms with Crippen LogP contribution in [0.4, 0.5) is 4.39 Å². The Morgan fingerprint density at radius 1 is 1.18 bits per heavy atom. The first-order chi connectivity index (χ1) is 8.11. The fourth-order valence-corrected chi connectivity index (χ4v) is 1.73. The van der Waals surface area contributed by atoms with E-state index in [9.17, 15) is 9.50 Å². The van der Waals surface area contributed by atoms with Gasteiger partial charge in [-0.15, -0.1) is 0 Å². The van der Waals surface area contributed by atoms with Gasteiger partial charge in [0.05, 0.1) is 7.11 Å². The number of phenols is 1. The van der Waals surface area contributed by atoms with Gasteiger partial charge < -0.3 is 9.84 Å². The Balaban J connectivity index is 2.60.